The molecule has 2 amide bonds. The lowest BCUT2D eigenvalue weighted by Crippen LogP contribution is -2.42. The summed E-state index contributed by atoms with van der Waals surface area (Å²) in [5.74, 6) is -0.558. The van der Waals surface area contributed by atoms with Crippen LogP contribution in [-0.4, -0.2) is 124 Å². The van der Waals surface area contributed by atoms with E-state index in [4.69, 9.17) is 50.1 Å². The van der Waals surface area contributed by atoms with Crippen LogP contribution in [0.3, 0.4) is 0 Å². The maximum atomic E-state index is 11.2. The average molecular weight is 809 g/mol. The number of hydrogen-bond acceptors (Lipinski definition) is 15. The number of nitrogen functional groups attached to an aromatic ring is 1. The van der Waals surface area contributed by atoms with Gasteiger partial charge in [-0.3, -0.25) is 14.3 Å². The Morgan fingerprint density at radius 1 is 1.00 bits per heavy atom. The van der Waals surface area contributed by atoms with Crippen molar-refractivity contribution in [2.45, 2.75) is 156 Å². The molecular weight excluding hydrogens is 735 g/mol. The largest absolute Gasteiger partial charge is 0.444 e. The van der Waals surface area contributed by atoms with E-state index in [1.165, 1.54) is 39.6 Å². The summed E-state index contributed by atoms with van der Waals surface area (Å²) < 4.78 is 19.3. The quantitative estimate of drug-likeness (QED) is 0.0695. The van der Waals surface area contributed by atoms with E-state index in [0.29, 0.717) is 39.1 Å². The summed E-state index contributed by atoms with van der Waals surface area (Å²) in [5, 5.41) is 41.6. The van der Waals surface area contributed by atoms with E-state index in [2.05, 4.69) is 51.7 Å². The molecule has 0 saturated carbocycles. The van der Waals surface area contributed by atoms with Gasteiger partial charge in [0.25, 0.3) is 0 Å². The van der Waals surface area contributed by atoms with E-state index in [0.717, 1.165) is 44.2 Å². The van der Waals surface area contributed by atoms with Crippen molar-refractivity contribution >= 4 is 38.3 Å². The zero-order valence-corrected chi connectivity index (χ0v) is 35.8. The lowest BCUT2D eigenvalue weighted by molar-refractivity contribution is -0.127. The van der Waals surface area contributed by atoms with Crippen LogP contribution in [0.25, 0.3) is 11.2 Å². The van der Waals surface area contributed by atoms with Gasteiger partial charge in [-0.2, -0.15) is 0 Å². The van der Waals surface area contributed by atoms with Crippen LogP contribution in [0, 0.1) is 0 Å². The van der Waals surface area contributed by atoms with Crippen LogP contribution in [0.1, 0.15) is 127 Å². The number of nitrogens with zero attached hydrogens (tertiary/aromatic N) is 5. The van der Waals surface area contributed by atoms with Crippen LogP contribution >= 0.6 is 8.81 Å². The fourth-order valence-corrected chi connectivity index (χ4v) is 6.56. The van der Waals surface area contributed by atoms with Gasteiger partial charge in [-0.25, -0.2) is 19.7 Å². The molecule has 0 aliphatic carbocycles. The minimum atomic E-state index is -1.50. The molecule has 2 aliphatic heterocycles. The minimum Gasteiger partial charge on any atom is -0.444 e. The van der Waals surface area contributed by atoms with Crippen molar-refractivity contribution in [3.8, 4) is 0 Å². The Kier molecular flexibility index (Phi) is 29.1. The smallest absolute Gasteiger partial charge is 0.407 e. The first-order valence-corrected chi connectivity index (χ1v) is 19.8. The highest BCUT2D eigenvalue weighted by Gasteiger charge is 2.34. The molecule has 4 rings (SSSR count). The normalized spacial score (nSPS) is 18.3. The van der Waals surface area contributed by atoms with E-state index in [-0.39, 0.29) is 37.0 Å². The summed E-state index contributed by atoms with van der Waals surface area (Å²) >= 11 is 0. The van der Waals surface area contributed by atoms with Gasteiger partial charge in [0.1, 0.15) is 30.5 Å². The van der Waals surface area contributed by atoms with Crippen LogP contribution in [0.15, 0.2) is 12.7 Å². The molecule has 2 saturated heterocycles. The van der Waals surface area contributed by atoms with E-state index in [1.807, 2.05) is 39.2 Å². The Bertz CT molecular complexity index is 1270. The lowest BCUT2D eigenvalue weighted by Gasteiger charge is -2.36. The fourth-order valence-electron chi connectivity index (χ4n) is 5.12. The Morgan fingerprint density at radius 3 is 2.13 bits per heavy atom. The van der Waals surface area contributed by atoms with Crippen molar-refractivity contribution in [3.05, 3.63) is 12.7 Å². The second-order valence-electron chi connectivity index (χ2n) is 14.7. The number of anilines is 1. The topological polar surface area (TPSA) is 274 Å². The monoisotopic (exact) mass is 809 g/mol. The second-order valence-corrected chi connectivity index (χ2v) is 15.9. The molecule has 0 bridgehead atoms. The Morgan fingerprint density at radius 2 is 1.58 bits per heavy atom. The molecular formula is C36H73N8O10P. The van der Waals surface area contributed by atoms with Crippen molar-refractivity contribution in [1.29, 1.82) is 0 Å². The molecule has 18 nitrogen and oxygen atoms in total. The first-order chi connectivity index (χ1) is 25.7. The first kappa shape index (κ1) is 54.3. The number of nitrogens with two attached hydrogens (primary N) is 2. The molecule has 2 aromatic rings. The highest BCUT2D eigenvalue weighted by molar-refractivity contribution is 7.33. The number of aliphatic hydroxyl groups excluding tert-OH is 2. The molecule has 55 heavy (non-hydrogen) atoms. The number of amides is 2. The Balaban J connectivity index is 0. The van der Waals surface area contributed by atoms with Gasteiger partial charge in [0.15, 0.2) is 17.3 Å². The van der Waals surface area contributed by atoms with Crippen LogP contribution in [-0.2, 0) is 18.8 Å². The van der Waals surface area contributed by atoms with Gasteiger partial charge in [-0.05, 0) is 100 Å². The number of likely N-dealkylation sites (tertiary alicyclic amines) is 1. The molecule has 4 unspecified atom stereocenters. The van der Waals surface area contributed by atoms with Gasteiger partial charge >= 0.3 is 6.09 Å². The standard InChI is InChI=1S/C18H29N6O2P.C11H23NO3.C3H8O2.C2H6.CH3NO.CH4O2/c1-18(2,3)24-8-4-5-14(24)27-25-9-12-6-7-13(26-12)23-11-22-15-16(19)20-10-21-17(15)23;1-11(2,3)15-10(14)12-8-6-4-5-7-9-13;1-3(2,4)5;1-2;2*2-1-3/h10-14,27H,4-9H2,1-3H3,(H2,19,20,21);13H,4-9H2,1-3H3,(H,12,14);4-5H,1-2H3;1-2H3;1H,(H2,2,3);2-3H,1H2. The zero-order valence-electron chi connectivity index (χ0n) is 34.8. The minimum absolute atomic E-state index is 0.0706. The number of rotatable bonds is 11. The number of aromatic nitrogens is 4. The van der Waals surface area contributed by atoms with Crippen molar-refractivity contribution in [1.82, 2.24) is 29.7 Å². The molecule has 2 fully saturated rings. The first-order valence-electron chi connectivity index (χ1n) is 18.8. The van der Waals surface area contributed by atoms with Crippen LogP contribution in [0.4, 0.5) is 10.6 Å². The molecule has 0 aromatic carbocycles. The van der Waals surface area contributed by atoms with Crippen LogP contribution in [0.2, 0.25) is 0 Å². The molecule has 2 aliphatic rings. The number of unbranched alkanes of at least 4 members (excludes halogenated alkanes) is 3. The number of alkyl carbamates (subject to hydrolysis) is 1. The Hall–Kier alpha value is -2.80. The number of ether oxygens (including phenoxy) is 2. The molecule has 19 heteroatoms. The fraction of sp³-hybridized carbons (Fsp3) is 0.806. The highest BCUT2D eigenvalue weighted by atomic mass is 31.1. The maximum Gasteiger partial charge on any atom is 0.407 e. The summed E-state index contributed by atoms with van der Waals surface area (Å²) in [6.45, 7) is 20.9. The van der Waals surface area contributed by atoms with E-state index < -0.39 is 18.2 Å². The number of imidazole rings is 1. The number of aliphatic hydroxyl groups is 5. The number of carbonyl (C=O) groups is 2. The summed E-state index contributed by atoms with van der Waals surface area (Å²) in [7, 11) is 0.504. The number of primary amides is 1. The summed E-state index contributed by atoms with van der Waals surface area (Å²) in [6.07, 6.45) is 11.3. The summed E-state index contributed by atoms with van der Waals surface area (Å²) in [5.41, 5.74) is 11.2. The van der Waals surface area contributed by atoms with Gasteiger partial charge < -0.3 is 56.3 Å². The maximum absolute atomic E-state index is 11.2. The SMILES string of the molecule is CC.CC(C)(C)N1CCCC1POCC1CCC(n2cnc3c(N)ncnc32)O1.CC(C)(C)OC(=O)NCCCCCCO.CC(C)(O)O.NC=O.OCO. The molecule has 322 valence electrons. The number of nitrogens with one attached hydrogen (secondary N) is 1. The van der Waals surface area contributed by atoms with Crippen LogP contribution < -0.4 is 16.8 Å². The highest BCUT2D eigenvalue weighted by Crippen LogP contribution is 2.38. The molecule has 0 radical (unpaired) electrons. The van der Waals surface area contributed by atoms with E-state index in [1.54, 1.807) is 6.33 Å². The second kappa shape index (κ2) is 29.4. The van der Waals surface area contributed by atoms with Gasteiger partial charge in [0.2, 0.25) is 6.41 Å². The molecule has 4 heterocycles. The lowest BCUT2D eigenvalue weighted by atomic mass is 10.1. The molecule has 4 atom stereocenters. The Labute approximate surface area is 329 Å². The molecule has 2 aromatic heterocycles. The van der Waals surface area contributed by atoms with Gasteiger partial charge in [0, 0.05) is 27.5 Å². The van der Waals surface area contributed by atoms with Gasteiger partial charge in [-0.1, -0.05) is 26.7 Å². The van der Waals surface area contributed by atoms with Crippen molar-refractivity contribution in [2.75, 3.05) is 38.8 Å². The number of carbonyl (C=O) groups excluding carboxylic acids is 2. The zero-order chi connectivity index (χ0) is 42.7. The van der Waals surface area contributed by atoms with E-state index >= 15 is 0 Å². The van der Waals surface area contributed by atoms with Crippen molar-refractivity contribution in [3.63, 3.8) is 0 Å². The van der Waals surface area contributed by atoms with Gasteiger partial charge in [0.05, 0.1) is 24.8 Å². The third-order valence-corrected chi connectivity index (χ3v) is 8.34. The molecule has 10 N–H and O–H groups in total. The summed E-state index contributed by atoms with van der Waals surface area (Å²) in [6, 6.07) is 0. The van der Waals surface area contributed by atoms with Crippen molar-refractivity contribution in [2.24, 2.45) is 5.73 Å². The predicted octanol–water partition coefficient (Wildman–Crippen LogP) is 3.74. The number of fused-ring (bicyclic) bond motifs is 1. The molecule has 0 spiro atoms. The number of hydrogen-bond donors (Lipinski definition) is 8. The predicted molar refractivity (Wildman–Crippen MR) is 216 cm³/mol. The van der Waals surface area contributed by atoms with Crippen molar-refractivity contribution < 1.29 is 49.1 Å². The summed E-state index contributed by atoms with van der Waals surface area (Å²) in [4.78, 5) is 35.0. The van der Waals surface area contributed by atoms with Gasteiger partial charge in [-0.15, -0.1) is 0 Å². The third-order valence-electron chi connectivity index (χ3n) is 7.14. The van der Waals surface area contributed by atoms with E-state index in [9.17, 15) is 4.79 Å². The third kappa shape index (κ3) is 26.6. The average Bonchev–Trinajstić information content (AvgIpc) is 3.84. The van der Waals surface area contributed by atoms with Crippen LogP contribution in [0.5, 0.6) is 0 Å².